The molecule has 0 fully saturated rings. The van der Waals surface area contributed by atoms with Gasteiger partial charge in [-0.3, -0.25) is 14.5 Å². The Morgan fingerprint density at radius 2 is 1.89 bits per heavy atom. The van der Waals surface area contributed by atoms with Gasteiger partial charge in [0.15, 0.2) is 11.0 Å². The molecule has 0 saturated carbocycles. The van der Waals surface area contributed by atoms with Crippen molar-refractivity contribution in [3.8, 4) is 5.75 Å². The molecule has 1 N–H and O–H groups in total. The lowest BCUT2D eigenvalue weighted by Crippen LogP contribution is -2.32. The maximum atomic E-state index is 13.5. The van der Waals surface area contributed by atoms with Gasteiger partial charge in [-0.1, -0.05) is 30.0 Å². The Hall–Kier alpha value is -4.18. The van der Waals surface area contributed by atoms with Crippen LogP contribution in [0.4, 0.5) is 14.5 Å². The van der Waals surface area contributed by atoms with Gasteiger partial charge in [-0.05, 0) is 56.3 Å². The van der Waals surface area contributed by atoms with E-state index in [0.29, 0.717) is 17.0 Å². The number of carbonyl (C=O) groups is 2. The standard InChI is InChI=1S/C27H21F2N3O4S/c1-15-23(20-7-3-4-8-21(20)30-15)24(33)16(2)37-27-31-22(14-19-6-5-13-35-19)25(34)32(27)17-9-11-18(12-10-17)36-26(28)29/h3-14,16,26,30H,1-2H3. The molecule has 5 rings (SSSR count). The molecular formula is C27H21F2N3O4S. The second-order valence-corrected chi connectivity index (χ2v) is 9.56. The normalized spacial score (nSPS) is 15.6. The van der Waals surface area contributed by atoms with Crippen LogP contribution in [0, 0.1) is 6.92 Å². The monoisotopic (exact) mass is 521 g/mol. The lowest BCUT2D eigenvalue weighted by atomic mass is 10.1. The number of Topliss-reactive ketones (excluding diaryl/α,β-unsaturated/α-hetero) is 1. The van der Waals surface area contributed by atoms with Crippen LogP contribution in [-0.2, 0) is 4.79 Å². The van der Waals surface area contributed by atoms with E-state index in [1.54, 1.807) is 19.1 Å². The minimum Gasteiger partial charge on any atom is -0.465 e. The number of ketones is 1. The third-order valence-corrected chi connectivity index (χ3v) is 6.82. The first kappa shape index (κ1) is 24.5. The molecule has 188 valence electrons. The number of anilines is 1. The summed E-state index contributed by atoms with van der Waals surface area (Å²) in [5.74, 6) is -0.151. The molecular weight excluding hydrogens is 500 g/mol. The number of benzene rings is 2. The lowest BCUT2D eigenvalue weighted by Gasteiger charge is -2.20. The van der Waals surface area contributed by atoms with E-state index in [9.17, 15) is 18.4 Å². The molecule has 1 atom stereocenters. The van der Waals surface area contributed by atoms with Crippen LogP contribution >= 0.6 is 11.8 Å². The lowest BCUT2D eigenvalue weighted by molar-refractivity contribution is -0.113. The highest BCUT2D eigenvalue weighted by Gasteiger charge is 2.35. The van der Waals surface area contributed by atoms with E-state index < -0.39 is 17.8 Å². The van der Waals surface area contributed by atoms with Gasteiger partial charge < -0.3 is 14.1 Å². The summed E-state index contributed by atoms with van der Waals surface area (Å²) in [6.45, 7) is 0.642. The zero-order chi connectivity index (χ0) is 26.1. The van der Waals surface area contributed by atoms with Crippen LogP contribution in [0.3, 0.4) is 0 Å². The van der Waals surface area contributed by atoms with Crippen molar-refractivity contribution in [1.29, 1.82) is 0 Å². The summed E-state index contributed by atoms with van der Waals surface area (Å²) in [5, 5.41) is 0.520. The van der Waals surface area contributed by atoms with E-state index in [2.05, 4.69) is 14.7 Å². The summed E-state index contributed by atoms with van der Waals surface area (Å²) in [6, 6.07) is 16.6. The second kappa shape index (κ2) is 10.1. The van der Waals surface area contributed by atoms with Crippen molar-refractivity contribution in [2.24, 2.45) is 4.99 Å². The Kier molecular flexibility index (Phi) is 6.66. The summed E-state index contributed by atoms with van der Waals surface area (Å²) in [6.07, 6.45) is 2.99. The number of amidine groups is 1. The van der Waals surface area contributed by atoms with Gasteiger partial charge >= 0.3 is 6.61 Å². The average molecular weight is 522 g/mol. The Morgan fingerprint density at radius 3 is 2.59 bits per heavy atom. The number of amides is 1. The Bertz CT molecular complexity index is 1530. The minimum atomic E-state index is -2.96. The van der Waals surface area contributed by atoms with Crippen molar-refractivity contribution < 1.29 is 27.5 Å². The third kappa shape index (κ3) is 4.92. The van der Waals surface area contributed by atoms with Crippen LogP contribution < -0.4 is 9.64 Å². The molecule has 0 saturated heterocycles. The number of nitrogens with one attached hydrogen (secondary N) is 1. The number of hydrogen-bond donors (Lipinski definition) is 1. The van der Waals surface area contributed by atoms with Gasteiger partial charge in [-0.25, -0.2) is 4.99 Å². The number of para-hydroxylation sites is 1. The molecule has 0 bridgehead atoms. The molecule has 2 aromatic heterocycles. The molecule has 7 nitrogen and oxygen atoms in total. The molecule has 2 aromatic carbocycles. The number of H-pyrrole nitrogens is 1. The molecule has 1 amide bonds. The predicted octanol–water partition coefficient (Wildman–Crippen LogP) is 6.42. The van der Waals surface area contributed by atoms with Crippen LogP contribution in [0.15, 0.2) is 82.0 Å². The highest BCUT2D eigenvalue weighted by Crippen LogP contribution is 2.34. The third-order valence-electron chi connectivity index (χ3n) is 5.76. The SMILES string of the molecule is Cc1[nH]c2ccccc2c1C(=O)C(C)SC1=NC(=Cc2ccco2)C(=O)N1c1ccc(OC(F)F)cc1. The number of furan rings is 1. The van der Waals surface area contributed by atoms with Gasteiger partial charge in [0.05, 0.1) is 17.2 Å². The Labute approximate surface area is 214 Å². The first-order valence-corrected chi connectivity index (χ1v) is 12.2. The summed E-state index contributed by atoms with van der Waals surface area (Å²) >= 11 is 1.14. The van der Waals surface area contributed by atoms with Crippen LogP contribution in [0.5, 0.6) is 5.75 Å². The van der Waals surface area contributed by atoms with Crippen molar-refractivity contribution in [3.05, 3.63) is 89.6 Å². The van der Waals surface area contributed by atoms with E-state index in [-0.39, 0.29) is 22.4 Å². The number of aromatic amines is 1. The number of aromatic nitrogens is 1. The quantitative estimate of drug-likeness (QED) is 0.224. The number of rotatable bonds is 7. The zero-order valence-corrected chi connectivity index (χ0v) is 20.6. The number of ether oxygens (including phenoxy) is 1. The summed E-state index contributed by atoms with van der Waals surface area (Å²) in [4.78, 5) is 36.0. The first-order chi connectivity index (χ1) is 17.8. The number of thioether (sulfide) groups is 1. The molecule has 1 aliphatic rings. The van der Waals surface area contributed by atoms with Crippen LogP contribution in [0.25, 0.3) is 17.0 Å². The van der Waals surface area contributed by atoms with Crippen molar-refractivity contribution in [1.82, 2.24) is 4.98 Å². The Balaban J connectivity index is 1.47. The van der Waals surface area contributed by atoms with Crippen molar-refractivity contribution >= 4 is 51.3 Å². The van der Waals surface area contributed by atoms with E-state index in [4.69, 9.17) is 4.42 Å². The number of nitrogens with zero attached hydrogens (tertiary/aromatic N) is 2. The van der Waals surface area contributed by atoms with Gasteiger partial charge in [-0.15, -0.1) is 0 Å². The number of halogens is 2. The molecule has 37 heavy (non-hydrogen) atoms. The number of hydrogen-bond acceptors (Lipinski definition) is 6. The predicted molar refractivity (Wildman–Crippen MR) is 139 cm³/mol. The number of fused-ring (bicyclic) bond motifs is 1. The van der Waals surface area contributed by atoms with Gasteiger partial charge in [-0.2, -0.15) is 8.78 Å². The molecule has 4 aromatic rings. The molecule has 3 heterocycles. The summed E-state index contributed by atoms with van der Waals surface area (Å²) < 4.78 is 34.9. The minimum absolute atomic E-state index is 0.0405. The van der Waals surface area contributed by atoms with Gasteiger partial charge in [0.25, 0.3) is 5.91 Å². The fourth-order valence-electron chi connectivity index (χ4n) is 4.10. The number of carbonyl (C=O) groups excluding carboxylic acids is 2. The zero-order valence-electron chi connectivity index (χ0n) is 19.8. The van der Waals surface area contributed by atoms with E-state index in [1.807, 2.05) is 31.2 Å². The fraction of sp³-hybridized carbons (Fsp3) is 0.148. The average Bonchev–Trinajstić information content (AvgIpc) is 3.57. The fourth-order valence-corrected chi connectivity index (χ4v) is 5.08. The van der Waals surface area contributed by atoms with Gasteiger partial charge in [0, 0.05) is 28.2 Å². The van der Waals surface area contributed by atoms with Crippen molar-refractivity contribution in [2.75, 3.05) is 4.90 Å². The van der Waals surface area contributed by atoms with Crippen LogP contribution in [0.2, 0.25) is 0 Å². The van der Waals surface area contributed by atoms with Gasteiger partial charge in [0.1, 0.15) is 17.2 Å². The molecule has 0 radical (unpaired) electrons. The number of alkyl halides is 2. The maximum absolute atomic E-state index is 13.5. The van der Waals surface area contributed by atoms with Crippen LogP contribution in [0.1, 0.15) is 28.7 Å². The molecule has 1 unspecified atom stereocenters. The molecule has 10 heteroatoms. The first-order valence-electron chi connectivity index (χ1n) is 11.3. The number of aliphatic imine (C=N–C) groups is 1. The summed E-state index contributed by atoms with van der Waals surface area (Å²) in [5.41, 5.74) is 2.72. The molecule has 0 aliphatic carbocycles. The topological polar surface area (TPSA) is 87.9 Å². The van der Waals surface area contributed by atoms with E-state index in [0.717, 1.165) is 28.4 Å². The highest BCUT2D eigenvalue weighted by molar-refractivity contribution is 8.15. The second-order valence-electron chi connectivity index (χ2n) is 8.25. The molecule has 1 aliphatic heterocycles. The van der Waals surface area contributed by atoms with Crippen molar-refractivity contribution in [3.63, 3.8) is 0 Å². The molecule has 0 spiro atoms. The van der Waals surface area contributed by atoms with Gasteiger partial charge in [0.2, 0.25) is 0 Å². The number of aryl methyl sites for hydroxylation is 1. The van der Waals surface area contributed by atoms with Crippen molar-refractivity contribution in [2.45, 2.75) is 25.7 Å². The smallest absolute Gasteiger partial charge is 0.387 e. The summed E-state index contributed by atoms with van der Waals surface area (Å²) in [7, 11) is 0. The van der Waals surface area contributed by atoms with E-state index >= 15 is 0 Å². The van der Waals surface area contributed by atoms with Crippen LogP contribution in [-0.4, -0.2) is 33.7 Å². The van der Waals surface area contributed by atoms with E-state index in [1.165, 1.54) is 41.5 Å². The highest BCUT2D eigenvalue weighted by atomic mass is 32.2. The maximum Gasteiger partial charge on any atom is 0.387 e. The Morgan fingerprint density at radius 1 is 1.14 bits per heavy atom. The largest absolute Gasteiger partial charge is 0.465 e.